The SMILES string of the molecule is COCCN(C)CCCNCc1cscn1.Cl. The van der Waals surface area contributed by atoms with Gasteiger partial charge in [-0.2, -0.15) is 0 Å². The summed E-state index contributed by atoms with van der Waals surface area (Å²) in [5, 5.41) is 5.47. The highest BCUT2D eigenvalue weighted by molar-refractivity contribution is 7.07. The lowest BCUT2D eigenvalue weighted by molar-refractivity contribution is 0.160. The van der Waals surface area contributed by atoms with E-state index < -0.39 is 0 Å². The Labute approximate surface area is 114 Å². The van der Waals surface area contributed by atoms with Gasteiger partial charge < -0.3 is 15.0 Å². The number of thiazole rings is 1. The first kappa shape index (κ1) is 16.8. The zero-order valence-electron chi connectivity index (χ0n) is 10.5. The molecule has 0 atom stereocenters. The lowest BCUT2D eigenvalue weighted by Gasteiger charge is -2.15. The molecule has 1 aromatic heterocycles. The van der Waals surface area contributed by atoms with Crippen molar-refractivity contribution in [2.45, 2.75) is 13.0 Å². The van der Waals surface area contributed by atoms with Gasteiger partial charge in [0.05, 0.1) is 17.8 Å². The number of nitrogens with one attached hydrogen (secondary N) is 1. The molecule has 0 amide bonds. The minimum Gasteiger partial charge on any atom is -0.383 e. The molecule has 1 heterocycles. The molecule has 17 heavy (non-hydrogen) atoms. The predicted molar refractivity (Wildman–Crippen MR) is 75.1 cm³/mol. The molecule has 0 aliphatic heterocycles. The monoisotopic (exact) mass is 279 g/mol. The number of ether oxygens (including phenoxy) is 1. The first-order chi connectivity index (χ1) is 7.83. The van der Waals surface area contributed by atoms with Gasteiger partial charge in [-0.05, 0) is 26.6 Å². The molecular weight excluding hydrogens is 258 g/mol. The second-order valence-corrected chi connectivity index (χ2v) is 4.52. The summed E-state index contributed by atoms with van der Waals surface area (Å²) in [5.74, 6) is 0. The van der Waals surface area contributed by atoms with Crippen LogP contribution in [0.4, 0.5) is 0 Å². The van der Waals surface area contributed by atoms with Gasteiger partial charge in [0.2, 0.25) is 0 Å². The van der Waals surface area contributed by atoms with E-state index in [4.69, 9.17) is 4.74 Å². The highest BCUT2D eigenvalue weighted by atomic mass is 35.5. The second kappa shape index (κ2) is 10.9. The number of hydrogen-bond acceptors (Lipinski definition) is 5. The van der Waals surface area contributed by atoms with Crippen LogP contribution >= 0.6 is 23.7 Å². The summed E-state index contributed by atoms with van der Waals surface area (Å²) in [6.45, 7) is 4.83. The Morgan fingerprint density at radius 3 is 2.94 bits per heavy atom. The van der Waals surface area contributed by atoms with E-state index in [9.17, 15) is 0 Å². The normalized spacial score (nSPS) is 10.5. The highest BCUT2D eigenvalue weighted by Crippen LogP contribution is 1.99. The summed E-state index contributed by atoms with van der Waals surface area (Å²) in [7, 11) is 3.86. The van der Waals surface area contributed by atoms with Gasteiger partial charge >= 0.3 is 0 Å². The van der Waals surface area contributed by atoms with Crippen molar-refractivity contribution in [1.82, 2.24) is 15.2 Å². The first-order valence-electron chi connectivity index (χ1n) is 5.58. The maximum Gasteiger partial charge on any atom is 0.0795 e. The fraction of sp³-hybridized carbons (Fsp3) is 0.727. The Morgan fingerprint density at radius 2 is 2.29 bits per heavy atom. The molecule has 1 N–H and O–H groups in total. The molecule has 0 bridgehead atoms. The van der Waals surface area contributed by atoms with Crippen molar-refractivity contribution in [2.75, 3.05) is 40.4 Å². The van der Waals surface area contributed by atoms with E-state index >= 15 is 0 Å². The summed E-state index contributed by atoms with van der Waals surface area (Å²) in [6.07, 6.45) is 1.16. The smallest absolute Gasteiger partial charge is 0.0795 e. The molecule has 0 aliphatic carbocycles. The fourth-order valence-electron chi connectivity index (χ4n) is 1.37. The number of nitrogens with zero attached hydrogens (tertiary/aromatic N) is 2. The standard InChI is InChI=1S/C11H21N3OS.ClH/c1-14(6-7-15-2)5-3-4-12-8-11-9-16-10-13-11;/h9-10,12H,3-8H2,1-2H3;1H. The van der Waals surface area contributed by atoms with Crippen LogP contribution in [0, 0.1) is 0 Å². The topological polar surface area (TPSA) is 37.4 Å². The van der Waals surface area contributed by atoms with Gasteiger partial charge in [0, 0.05) is 25.6 Å². The lowest BCUT2D eigenvalue weighted by atomic mass is 10.3. The molecule has 0 aliphatic rings. The van der Waals surface area contributed by atoms with Crippen LogP contribution in [-0.4, -0.2) is 50.3 Å². The van der Waals surface area contributed by atoms with Gasteiger partial charge in [-0.3, -0.25) is 0 Å². The second-order valence-electron chi connectivity index (χ2n) is 3.81. The lowest BCUT2D eigenvalue weighted by Crippen LogP contribution is -2.26. The number of halogens is 1. The molecule has 0 fully saturated rings. The van der Waals surface area contributed by atoms with Crippen LogP contribution in [0.25, 0.3) is 0 Å². The van der Waals surface area contributed by atoms with Gasteiger partial charge in [-0.15, -0.1) is 23.7 Å². The van der Waals surface area contributed by atoms with E-state index in [2.05, 4.69) is 27.6 Å². The molecule has 6 heteroatoms. The number of likely N-dealkylation sites (N-methyl/N-ethyl adjacent to an activating group) is 1. The third-order valence-corrected chi connectivity index (χ3v) is 3.00. The maximum atomic E-state index is 5.02. The molecule has 0 aromatic carbocycles. The van der Waals surface area contributed by atoms with E-state index in [0.717, 1.165) is 44.9 Å². The third kappa shape index (κ3) is 8.51. The zero-order chi connectivity index (χ0) is 11.6. The molecule has 100 valence electrons. The number of hydrogen-bond donors (Lipinski definition) is 1. The zero-order valence-corrected chi connectivity index (χ0v) is 12.1. The average Bonchev–Trinajstić information content (AvgIpc) is 2.79. The van der Waals surface area contributed by atoms with Gasteiger partial charge in [-0.1, -0.05) is 0 Å². The number of rotatable bonds is 9. The maximum absolute atomic E-state index is 5.02. The third-order valence-electron chi connectivity index (χ3n) is 2.36. The molecule has 0 radical (unpaired) electrons. The fourth-order valence-corrected chi connectivity index (χ4v) is 1.93. The van der Waals surface area contributed by atoms with Crippen LogP contribution in [0.5, 0.6) is 0 Å². The van der Waals surface area contributed by atoms with Crippen LogP contribution < -0.4 is 5.32 Å². The van der Waals surface area contributed by atoms with Crippen molar-refractivity contribution in [3.63, 3.8) is 0 Å². The van der Waals surface area contributed by atoms with E-state index in [1.54, 1.807) is 18.4 Å². The van der Waals surface area contributed by atoms with Crippen LogP contribution in [0.15, 0.2) is 10.9 Å². The van der Waals surface area contributed by atoms with Gasteiger partial charge in [0.25, 0.3) is 0 Å². The van der Waals surface area contributed by atoms with E-state index in [1.807, 2.05) is 5.51 Å². The predicted octanol–water partition coefficient (Wildman–Crippen LogP) is 1.62. The van der Waals surface area contributed by atoms with Crippen LogP contribution in [0.3, 0.4) is 0 Å². The first-order valence-corrected chi connectivity index (χ1v) is 6.52. The summed E-state index contributed by atoms with van der Waals surface area (Å²) >= 11 is 1.64. The van der Waals surface area contributed by atoms with Crippen molar-refractivity contribution in [2.24, 2.45) is 0 Å². The van der Waals surface area contributed by atoms with Crippen molar-refractivity contribution in [1.29, 1.82) is 0 Å². The Balaban J connectivity index is 0.00000256. The van der Waals surface area contributed by atoms with Crippen molar-refractivity contribution < 1.29 is 4.74 Å². The van der Waals surface area contributed by atoms with Crippen molar-refractivity contribution in [3.05, 3.63) is 16.6 Å². The molecule has 0 unspecified atom stereocenters. The number of methoxy groups -OCH3 is 1. The summed E-state index contributed by atoms with van der Waals surface area (Å²) in [5.41, 5.74) is 3.01. The summed E-state index contributed by atoms with van der Waals surface area (Å²) in [4.78, 5) is 6.50. The molecule has 1 rings (SSSR count). The van der Waals surface area contributed by atoms with E-state index in [0.29, 0.717) is 0 Å². The Morgan fingerprint density at radius 1 is 1.47 bits per heavy atom. The van der Waals surface area contributed by atoms with Crippen molar-refractivity contribution >= 4 is 23.7 Å². The summed E-state index contributed by atoms with van der Waals surface area (Å²) < 4.78 is 5.02. The highest BCUT2D eigenvalue weighted by Gasteiger charge is 1.97. The average molecular weight is 280 g/mol. The summed E-state index contributed by atoms with van der Waals surface area (Å²) in [6, 6.07) is 0. The van der Waals surface area contributed by atoms with Crippen LogP contribution in [0.1, 0.15) is 12.1 Å². The number of aromatic nitrogens is 1. The molecule has 0 spiro atoms. The van der Waals surface area contributed by atoms with Gasteiger partial charge in [-0.25, -0.2) is 4.98 Å². The van der Waals surface area contributed by atoms with E-state index in [-0.39, 0.29) is 12.4 Å². The van der Waals surface area contributed by atoms with Crippen molar-refractivity contribution in [3.8, 4) is 0 Å². The van der Waals surface area contributed by atoms with Gasteiger partial charge in [0.15, 0.2) is 0 Å². The molecule has 0 saturated heterocycles. The minimum absolute atomic E-state index is 0. The largest absolute Gasteiger partial charge is 0.383 e. The van der Waals surface area contributed by atoms with Gasteiger partial charge in [0.1, 0.15) is 0 Å². The Hall–Kier alpha value is -0.200. The quantitative estimate of drug-likeness (QED) is 0.697. The molecule has 4 nitrogen and oxygen atoms in total. The Kier molecular flexibility index (Phi) is 10.8. The molecule has 1 aromatic rings. The Bertz CT molecular complexity index is 259. The van der Waals surface area contributed by atoms with E-state index in [1.165, 1.54) is 0 Å². The minimum atomic E-state index is 0. The van der Waals surface area contributed by atoms with Crippen LogP contribution in [0.2, 0.25) is 0 Å². The molecular formula is C11H22ClN3OS. The molecule has 0 saturated carbocycles. The van der Waals surface area contributed by atoms with Crippen LogP contribution in [-0.2, 0) is 11.3 Å².